The van der Waals surface area contributed by atoms with E-state index >= 15 is 0 Å². The Hall–Kier alpha value is -0.740. The van der Waals surface area contributed by atoms with E-state index in [-0.39, 0.29) is 5.41 Å². The van der Waals surface area contributed by atoms with Gasteiger partial charge in [0.25, 0.3) is 0 Å². The molecule has 2 N–H and O–H groups in total. The molecule has 0 aliphatic heterocycles. The number of methoxy groups -OCH3 is 2. The van der Waals surface area contributed by atoms with Crippen LogP contribution in [0.25, 0.3) is 0 Å². The van der Waals surface area contributed by atoms with E-state index < -0.39 is 0 Å². The fourth-order valence-electron chi connectivity index (χ4n) is 3.18. The Labute approximate surface area is 123 Å². The van der Waals surface area contributed by atoms with Gasteiger partial charge in [0, 0.05) is 27.6 Å². The van der Waals surface area contributed by atoms with Crippen molar-refractivity contribution in [1.82, 2.24) is 0 Å². The third-order valence-electron chi connectivity index (χ3n) is 4.45. The minimum Gasteiger partial charge on any atom is -0.493 e. The van der Waals surface area contributed by atoms with Gasteiger partial charge in [-0.15, -0.1) is 0 Å². The highest BCUT2D eigenvalue weighted by Crippen LogP contribution is 2.53. The maximum atomic E-state index is 6.06. The Kier molecular flexibility index (Phi) is 4.11. The first kappa shape index (κ1) is 14.7. The van der Waals surface area contributed by atoms with Crippen molar-refractivity contribution in [1.29, 1.82) is 0 Å². The number of hydrogen-bond donors (Lipinski definition) is 1. The zero-order valence-electron chi connectivity index (χ0n) is 12.1. The van der Waals surface area contributed by atoms with E-state index in [1.807, 2.05) is 6.92 Å². The lowest BCUT2D eigenvalue weighted by molar-refractivity contribution is 0.238. The molecule has 0 atom stereocenters. The van der Waals surface area contributed by atoms with Crippen LogP contribution in [0.2, 0.25) is 0 Å². The van der Waals surface area contributed by atoms with Gasteiger partial charge < -0.3 is 15.2 Å². The van der Waals surface area contributed by atoms with Gasteiger partial charge in [-0.3, -0.25) is 0 Å². The molecule has 106 valence electrons. The summed E-state index contributed by atoms with van der Waals surface area (Å²) in [6.07, 6.45) is 3.48. The van der Waals surface area contributed by atoms with E-state index in [4.69, 9.17) is 15.2 Å². The van der Waals surface area contributed by atoms with Gasteiger partial charge >= 0.3 is 0 Å². The second-order valence-corrected chi connectivity index (χ2v) is 6.14. The van der Waals surface area contributed by atoms with Crippen LogP contribution in [-0.2, 0) is 5.41 Å². The molecule has 0 unspecified atom stereocenters. The average molecular weight is 328 g/mol. The summed E-state index contributed by atoms with van der Waals surface area (Å²) < 4.78 is 12.3. The van der Waals surface area contributed by atoms with Crippen LogP contribution in [0, 0.1) is 13.8 Å². The van der Waals surface area contributed by atoms with Gasteiger partial charge in [-0.05, 0) is 32.3 Å². The first-order chi connectivity index (χ1) is 9.02. The van der Waals surface area contributed by atoms with Crippen molar-refractivity contribution in [2.24, 2.45) is 5.73 Å². The molecule has 2 rings (SSSR count). The van der Waals surface area contributed by atoms with Gasteiger partial charge in [-0.1, -0.05) is 22.4 Å². The molecule has 1 aromatic rings. The van der Waals surface area contributed by atoms with E-state index in [9.17, 15) is 0 Å². The van der Waals surface area contributed by atoms with Gasteiger partial charge in [0.2, 0.25) is 0 Å². The van der Waals surface area contributed by atoms with Crippen LogP contribution in [0.1, 0.15) is 36.0 Å². The van der Waals surface area contributed by atoms with Crippen molar-refractivity contribution in [3.05, 3.63) is 21.2 Å². The van der Waals surface area contributed by atoms with Gasteiger partial charge in [-0.25, -0.2) is 0 Å². The molecule has 1 aromatic carbocycles. The smallest absolute Gasteiger partial charge is 0.165 e. The highest BCUT2D eigenvalue weighted by atomic mass is 79.9. The minimum atomic E-state index is 0.0545. The molecule has 19 heavy (non-hydrogen) atoms. The number of rotatable bonds is 4. The molecular weight excluding hydrogens is 306 g/mol. The van der Waals surface area contributed by atoms with Crippen molar-refractivity contribution in [2.45, 2.75) is 38.5 Å². The Morgan fingerprint density at radius 2 is 1.68 bits per heavy atom. The molecule has 0 spiro atoms. The van der Waals surface area contributed by atoms with Gasteiger partial charge in [0.15, 0.2) is 11.5 Å². The zero-order valence-corrected chi connectivity index (χ0v) is 13.7. The molecule has 3 nitrogen and oxygen atoms in total. The van der Waals surface area contributed by atoms with Gasteiger partial charge in [-0.2, -0.15) is 0 Å². The van der Waals surface area contributed by atoms with Crippen molar-refractivity contribution >= 4 is 15.9 Å². The monoisotopic (exact) mass is 327 g/mol. The first-order valence-electron chi connectivity index (χ1n) is 6.63. The molecule has 1 fully saturated rings. The van der Waals surface area contributed by atoms with E-state index in [0.717, 1.165) is 34.4 Å². The largest absolute Gasteiger partial charge is 0.493 e. The van der Waals surface area contributed by atoms with Gasteiger partial charge in [0.05, 0.1) is 14.2 Å². The van der Waals surface area contributed by atoms with Crippen LogP contribution in [0.15, 0.2) is 4.47 Å². The van der Waals surface area contributed by atoms with Crippen LogP contribution in [-0.4, -0.2) is 20.8 Å². The van der Waals surface area contributed by atoms with Crippen molar-refractivity contribution in [3.63, 3.8) is 0 Å². The summed E-state index contributed by atoms with van der Waals surface area (Å²) in [7, 11) is 3.39. The SMILES string of the molecule is COc1c(C)c(Br)c(C)c(C2(CN)CCC2)c1OC. The summed E-state index contributed by atoms with van der Waals surface area (Å²) in [5.41, 5.74) is 9.63. The lowest BCUT2D eigenvalue weighted by Crippen LogP contribution is -2.42. The third-order valence-corrected chi connectivity index (χ3v) is 5.64. The molecule has 0 amide bonds. The predicted molar refractivity (Wildman–Crippen MR) is 81.3 cm³/mol. The molecule has 1 aliphatic carbocycles. The summed E-state index contributed by atoms with van der Waals surface area (Å²) in [4.78, 5) is 0. The maximum Gasteiger partial charge on any atom is 0.165 e. The summed E-state index contributed by atoms with van der Waals surface area (Å²) >= 11 is 3.68. The highest BCUT2D eigenvalue weighted by Gasteiger charge is 2.42. The van der Waals surface area contributed by atoms with Crippen LogP contribution in [0.5, 0.6) is 11.5 Å². The van der Waals surface area contributed by atoms with Crippen LogP contribution >= 0.6 is 15.9 Å². The van der Waals surface area contributed by atoms with Crippen LogP contribution in [0.4, 0.5) is 0 Å². The van der Waals surface area contributed by atoms with Crippen molar-refractivity contribution < 1.29 is 9.47 Å². The molecule has 1 saturated carbocycles. The predicted octanol–water partition coefficient (Wildman–Crippen LogP) is 3.46. The quantitative estimate of drug-likeness (QED) is 0.920. The summed E-state index contributed by atoms with van der Waals surface area (Å²) in [6, 6.07) is 0. The van der Waals surface area contributed by atoms with Crippen LogP contribution < -0.4 is 15.2 Å². The Bertz CT molecular complexity index is 490. The van der Waals surface area contributed by atoms with Crippen molar-refractivity contribution in [3.8, 4) is 11.5 Å². The van der Waals surface area contributed by atoms with E-state index in [1.165, 1.54) is 17.5 Å². The van der Waals surface area contributed by atoms with E-state index in [0.29, 0.717) is 6.54 Å². The molecule has 0 heterocycles. The third kappa shape index (κ3) is 2.05. The lowest BCUT2D eigenvalue weighted by atomic mass is 9.63. The zero-order chi connectivity index (χ0) is 14.2. The number of nitrogens with two attached hydrogens (primary N) is 1. The topological polar surface area (TPSA) is 44.5 Å². The number of benzene rings is 1. The Balaban J connectivity index is 2.75. The molecular formula is C15H22BrNO2. The molecule has 0 radical (unpaired) electrons. The lowest BCUT2D eigenvalue weighted by Gasteiger charge is -2.43. The minimum absolute atomic E-state index is 0.0545. The number of halogens is 1. The normalized spacial score (nSPS) is 16.9. The first-order valence-corrected chi connectivity index (χ1v) is 7.43. The standard InChI is InChI=1S/C15H22BrNO2/c1-9-11(15(8-17)6-5-7-15)14(19-4)13(18-3)10(2)12(9)16/h5-8,17H2,1-4H3. The summed E-state index contributed by atoms with van der Waals surface area (Å²) in [5, 5.41) is 0. The summed E-state index contributed by atoms with van der Waals surface area (Å²) in [5.74, 6) is 1.67. The molecule has 4 heteroatoms. The fourth-order valence-corrected chi connectivity index (χ4v) is 3.56. The van der Waals surface area contributed by atoms with E-state index in [2.05, 4.69) is 22.9 Å². The second kappa shape index (κ2) is 5.33. The molecule has 0 aromatic heterocycles. The Morgan fingerprint density at radius 1 is 1.11 bits per heavy atom. The maximum absolute atomic E-state index is 6.06. The fraction of sp³-hybridized carbons (Fsp3) is 0.600. The second-order valence-electron chi connectivity index (χ2n) is 5.34. The average Bonchev–Trinajstić information content (AvgIpc) is 2.37. The number of hydrogen-bond acceptors (Lipinski definition) is 3. The molecule has 0 bridgehead atoms. The molecule has 0 saturated heterocycles. The molecule has 1 aliphatic rings. The van der Waals surface area contributed by atoms with E-state index in [1.54, 1.807) is 14.2 Å². The summed E-state index contributed by atoms with van der Waals surface area (Å²) in [6.45, 7) is 4.82. The van der Waals surface area contributed by atoms with Crippen LogP contribution in [0.3, 0.4) is 0 Å². The Morgan fingerprint density at radius 3 is 2.05 bits per heavy atom. The van der Waals surface area contributed by atoms with Crippen molar-refractivity contribution in [2.75, 3.05) is 20.8 Å². The van der Waals surface area contributed by atoms with Gasteiger partial charge in [0.1, 0.15) is 0 Å². The number of ether oxygens (including phenoxy) is 2. The highest BCUT2D eigenvalue weighted by molar-refractivity contribution is 9.10.